The molecule has 3 aliphatic heterocycles. The maximum absolute atomic E-state index is 7.28. The van der Waals surface area contributed by atoms with E-state index in [2.05, 4.69) is 0 Å². The van der Waals surface area contributed by atoms with Crippen molar-refractivity contribution in [3.63, 3.8) is 0 Å². The number of hydrogen-bond acceptors (Lipinski definition) is 1. The molecular weight excluding hydrogens is 266 g/mol. The number of hydrogen-bond donors (Lipinski definition) is 0. The van der Waals surface area contributed by atoms with Crippen molar-refractivity contribution in [3.8, 4) is 0 Å². The summed E-state index contributed by atoms with van der Waals surface area (Å²) in [5, 5.41) is 0. The highest BCUT2D eigenvalue weighted by molar-refractivity contribution is 7.21. The van der Waals surface area contributed by atoms with Gasteiger partial charge in [-0.05, 0) is 49.8 Å². The van der Waals surface area contributed by atoms with E-state index >= 15 is 0 Å². The highest BCUT2D eigenvalue weighted by Crippen LogP contribution is 2.57. The van der Waals surface area contributed by atoms with Crippen LogP contribution in [0.1, 0.15) is 83.5 Å². The summed E-state index contributed by atoms with van der Waals surface area (Å²) >= 11 is 0. The third-order valence-corrected chi connectivity index (χ3v) is 8.61. The molecule has 2 aliphatic carbocycles. The fraction of sp³-hybridized carbons (Fsp3) is 1.00. The molecule has 2 saturated carbocycles. The van der Waals surface area contributed by atoms with E-state index in [-0.39, 0.29) is 0 Å². The second-order valence-corrected chi connectivity index (χ2v) is 9.38. The van der Waals surface area contributed by atoms with Crippen LogP contribution in [0.3, 0.4) is 0 Å². The van der Waals surface area contributed by atoms with Gasteiger partial charge in [-0.3, -0.25) is 0 Å². The van der Waals surface area contributed by atoms with Crippen molar-refractivity contribution in [2.45, 2.75) is 107 Å². The molecule has 5 fully saturated rings. The molecule has 1 nitrogen and oxygen atoms in total. The van der Waals surface area contributed by atoms with Crippen LogP contribution in [0.4, 0.5) is 0 Å². The van der Waals surface area contributed by atoms with Gasteiger partial charge in [-0.1, -0.05) is 63.5 Å². The van der Waals surface area contributed by atoms with Crippen LogP contribution in [-0.2, 0) is 4.65 Å². The Kier molecular flexibility index (Phi) is 3.65. The zero-order chi connectivity index (χ0) is 14.6. The summed E-state index contributed by atoms with van der Waals surface area (Å²) in [7, 11) is 0. The standard InChI is InChI=1S/C19H32B2O/c1-5-15-7-2-8-16(6-1)19(15)13-14-20-17-9-3-11-18(12-4-10-17)21(20)22-19/h15-18H,1-14H2. The van der Waals surface area contributed by atoms with Gasteiger partial charge in [0.15, 0.2) is 6.60 Å². The van der Waals surface area contributed by atoms with E-state index in [0.29, 0.717) is 12.4 Å². The fourth-order valence-electron chi connectivity index (χ4n) is 7.66. The minimum Gasteiger partial charge on any atom is -0.438 e. The topological polar surface area (TPSA) is 9.23 Å². The van der Waals surface area contributed by atoms with Crippen LogP contribution in [0.25, 0.3) is 0 Å². The first-order valence-corrected chi connectivity index (χ1v) is 10.5. The SMILES string of the molecule is C1CC2CCCC(C1)B1OC3(CCB12)C1CCCC3CCC1. The fourth-order valence-corrected chi connectivity index (χ4v) is 7.66. The van der Waals surface area contributed by atoms with Crippen LogP contribution < -0.4 is 0 Å². The lowest BCUT2D eigenvalue weighted by Gasteiger charge is -2.58. The van der Waals surface area contributed by atoms with Crippen LogP contribution in [0.5, 0.6) is 0 Å². The Hall–Kier alpha value is 0.0899. The molecule has 0 atom stereocenters. The van der Waals surface area contributed by atoms with Crippen LogP contribution in [0.2, 0.25) is 18.0 Å². The van der Waals surface area contributed by atoms with Gasteiger partial charge < -0.3 is 4.65 Å². The molecule has 0 radical (unpaired) electrons. The Morgan fingerprint density at radius 3 is 1.86 bits per heavy atom. The molecule has 0 unspecified atom stereocenters. The first-order valence-electron chi connectivity index (χ1n) is 10.5. The van der Waals surface area contributed by atoms with Crippen molar-refractivity contribution in [2.75, 3.05) is 0 Å². The van der Waals surface area contributed by atoms with Gasteiger partial charge >= 0.3 is 0 Å². The summed E-state index contributed by atoms with van der Waals surface area (Å²) in [5.41, 5.74) is 0.342. The molecular formula is C19H32B2O. The molecule has 0 amide bonds. The maximum atomic E-state index is 7.28. The summed E-state index contributed by atoms with van der Waals surface area (Å²) in [6.45, 7) is 1.59. The molecule has 0 aromatic rings. The quantitative estimate of drug-likeness (QED) is 0.543. The Balaban J connectivity index is 1.47. The first kappa shape index (κ1) is 14.4. The van der Waals surface area contributed by atoms with E-state index < -0.39 is 0 Å². The smallest absolute Gasteiger partial charge is 0.259 e. The first-order chi connectivity index (χ1) is 10.9. The van der Waals surface area contributed by atoms with E-state index in [1.54, 1.807) is 0 Å². The third-order valence-electron chi connectivity index (χ3n) is 8.61. The van der Waals surface area contributed by atoms with Crippen molar-refractivity contribution in [1.82, 2.24) is 0 Å². The number of rotatable bonds is 0. The van der Waals surface area contributed by atoms with Gasteiger partial charge in [-0.15, -0.1) is 0 Å². The monoisotopic (exact) mass is 298 g/mol. The third kappa shape index (κ3) is 2.10. The Morgan fingerprint density at radius 1 is 0.682 bits per heavy atom. The molecule has 3 saturated heterocycles. The zero-order valence-corrected chi connectivity index (χ0v) is 14.3. The van der Waals surface area contributed by atoms with Gasteiger partial charge in [-0.25, -0.2) is 0 Å². The molecule has 0 aromatic heterocycles. The second kappa shape index (κ2) is 5.57. The van der Waals surface area contributed by atoms with Gasteiger partial charge in [0.1, 0.15) is 0 Å². The lowest BCUT2D eigenvalue weighted by molar-refractivity contribution is -0.106. The van der Waals surface area contributed by atoms with Gasteiger partial charge in [0.05, 0.1) is 5.60 Å². The van der Waals surface area contributed by atoms with Gasteiger partial charge in [-0.2, -0.15) is 0 Å². The summed E-state index contributed by atoms with van der Waals surface area (Å²) in [5.74, 6) is 3.77. The summed E-state index contributed by atoms with van der Waals surface area (Å²) in [6, 6.07) is 0. The van der Waals surface area contributed by atoms with E-state index in [4.69, 9.17) is 4.65 Å². The molecule has 4 bridgehead atoms. The zero-order valence-electron chi connectivity index (χ0n) is 14.3. The van der Waals surface area contributed by atoms with Crippen molar-refractivity contribution < 1.29 is 4.65 Å². The van der Waals surface area contributed by atoms with Crippen LogP contribution >= 0.6 is 0 Å². The lowest BCUT2D eigenvalue weighted by atomic mass is 9.07. The molecule has 120 valence electrons. The highest BCUT2D eigenvalue weighted by Gasteiger charge is 2.58. The van der Waals surface area contributed by atoms with Crippen LogP contribution in [-0.4, -0.2) is 19.0 Å². The Morgan fingerprint density at radius 2 is 1.23 bits per heavy atom. The molecule has 3 heteroatoms. The normalized spacial score (nSPS) is 48.0. The van der Waals surface area contributed by atoms with Crippen molar-refractivity contribution >= 4 is 13.4 Å². The molecule has 5 aliphatic rings. The Bertz CT molecular complexity index is 394. The van der Waals surface area contributed by atoms with Crippen molar-refractivity contribution in [2.24, 2.45) is 11.8 Å². The van der Waals surface area contributed by atoms with Gasteiger partial charge in [0, 0.05) is 0 Å². The highest BCUT2D eigenvalue weighted by atomic mass is 16.5. The minimum absolute atomic E-state index is 0.342. The van der Waals surface area contributed by atoms with Crippen molar-refractivity contribution in [3.05, 3.63) is 0 Å². The largest absolute Gasteiger partial charge is 0.438 e. The lowest BCUT2D eigenvalue weighted by Crippen LogP contribution is -2.62. The molecule has 3 heterocycles. The average Bonchev–Trinajstić information content (AvgIpc) is 2.74. The molecule has 0 aromatic carbocycles. The molecule has 5 rings (SSSR count). The minimum atomic E-state index is 0.342. The summed E-state index contributed by atoms with van der Waals surface area (Å²) in [4.78, 5) is 0. The molecule has 22 heavy (non-hydrogen) atoms. The van der Waals surface area contributed by atoms with E-state index in [9.17, 15) is 0 Å². The van der Waals surface area contributed by atoms with Crippen LogP contribution in [0.15, 0.2) is 0 Å². The van der Waals surface area contributed by atoms with E-state index in [1.807, 2.05) is 0 Å². The van der Waals surface area contributed by atoms with Crippen LogP contribution in [0, 0.1) is 11.8 Å². The Labute approximate surface area is 137 Å². The van der Waals surface area contributed by atoms with E-state index in [1.165, 1.54) is 89.8 Å². The van der Waals surface area contributed by atoms with E-state index in [0.717, 1.165) is 30.1 Å². The predicted octanol–water partition coefficient (Wildman–Crippen LogP) is 5.42. The maximum Gasteiger partial charge on any atom is 0.259 e. The second-order valence-electron chi connectivity index (χ2n) is 9.38. The average molecular weight is 298 g/mol. The summed E-state index contributed by atoms with van der Waals surface area (Å²) in [6.07, 6.45) is 20.8. The molecule has 1 spiro atoms. The van der Waals surface area contributed by atoms with Crippen molar-refractivity contribution in [1.29, 1.82) is 0 Å². The predicted molar refractivity (Wildman–Crippen MR) is 94.6 cm³/mol. The summed E-state index contributed by atoms with van der Waals surface area (Å²) < 4.78 is 7.28. The van der Waals surface area contributed by atoms with Gasteiger partial charge in [0.25, 0.3) is 6.81 Å². The van der Waals surface area contributed by atoms with Gasteiger partial charge in [0.2, 0.25) is 0 Å². The molecule has 0 N–H and O–H groups in total.